The molecule has 1 N–H and O–H groups in total. The van der Waals surface area contributed by atoms with Crippen molar-refractivity contribution in [2.45, 2.75) is 44.2 Å². The number of nitrogens with zero attached hydrogens (tertiary/aromatic N) is 5. The van der Waals surface area contributed by atoms with Gasteiger partial charge in [-0.15, -0.1) is 0 Å². The number of hydrogen-bond acceptors (Lipinski definition) is 7. The van der Waals surface area contributed by atoms with Gasteiger partial charge in [-0.3, -0.25) is 29.5 Å². The minimum atomic E-state index is -2.48. The van der Waals surface area contributed by atoms with E-state index in [2.05, 4.69) is 68.7 Å². The quantitative estimate of drug-likeness (QED) is 0.404. The molecule has 0 bridgehead atoms. The van der Waals surface area contributed by atoms with Crippen molar-refractivity contribution in [2.24, 2.45) is 15.4 Å². The van der Waals surface area contributed by atoms with Gasteiger partial charge in [0, 0.05) is 68.7 Å². The van der Waals surface area contributed by atoms with Crippen LogP contribution in [0.25, 0.3) is 0 Å². The van der Waals surface area contributed by atoms with Crippen LogP contribution in [-0.4, -0.2) is 96.4 Å². The second-order valence-electron chi connectivity index (χ2n) is 9.50. The third-order valence-electron chi connectivity index (χ3n) is 6.94. The zero-order valence-electron chi connectivity index (χ0n) is 20.2. The maximum atomic E-state index is 12.6. The zero-order valence-corrected chi connectivity index (χ0v) is 21.0. The van der Waals surface area contributed by atoms with E-state index in [1.807, 2.05) is 0 Å². The van der Waals surface area contributed by atoms with E-state index in [0.29, 0.717) is 40.8 Å². The third-order valence-corrected chi connectivity index (χ3v) is 7.60. The SMILES string of the molecule is C=N/C=C(\C=N/CN1CCN(C2CC3(C2)CN(Cc2ccccc2)C3)CC1C)SC(F)F.O=CO. The van der Waals surface area contributed by atoms with Crippen molar-refractivity contribution >= 4 is 31.2 Å². The van der Waals surface area contributed by atoms with E-state index in [9.17, 15) is 8.78 Å². The molecule has 1 aromatic rings. The molecule has 2 heterocycles. The Morgan fingerprint density at radius 1 is 1.29 bits per heavy atom. The lowest BCUT2D eigenvalue weighted by atomic mass is 9.60. The number of carbonyl (C=O) groups is 1. The number of benzene rings is 1. The van der Waals surface area contributed by atoms with Crippen LogP contribution >= 0.6 is 11.8 Å². The van der Waals surface area contributed by atoms with Crippen LogP contribution in [0.5, 0.6) is 0 Å². The average Bonchev–Trinajstić information content (AvgIpc) is 2.76. The van der Waals surface area contributed by atoms with Crippen LogP contribution in [0.2, 0.25) is 0 Å². The summed E-state index contributed by atoms with van der Waals surface area (Å²) in [5.74, 6) is -2.48. The van der Waals surface area contributed by atoms with Gasteiger partial charge < -0.3 is 5.11 Å². The van der Waals surface area contributed by atoms with Gasteiger partial charge in [0.05, 0.1) is 6.67 Å². The second kappa shape index (κ2) is 13.2. The highest BCUT2D eigenvalue weighted by Crippen LogP contribution is 2.50. The molecule has 2 saturated heterocycles. The van der Waals surface area contributed by atoms with Gasteiger partial charge in [-0.05, 0) is 37.5 Å². The van der Waals surface area contributed by atoms with Crippen molar-refractivity contribution in [3.05, 3.63) is 47.0 Å². The van der Waals surface area contributed by atoms with Gasteiger partial charge in [-0.2, -0.15) is 8.78 Å². The first-order valence-electron chi connectivity index (χ1n) is 11.8. The van der Waals surface area contributed by atoms with Crippen LogP contribution in [0.1, 0.15) is 25.3 Å². The number of likely N-dealkylation sites (tertiary alicyclic amines) is 1. The predicted molar refractivity (Wildman–Crippen MR) is 138 cm³/mol. The summed E-state index contributed by atoms with van der Waals surface area (Å²) in [6, 6.07) is 11.8. The Labute approximate surface area is 210 Å². The van der Waals surface area contributed by atoms with Crippen molar-refractivity contribution in [1.29, 1.82) is 0 Å². The zero-order chi connectivity index (χ0) is 25.3. The Balaban J connectivity index is 0.00000108. The first-order chi connectivity index (χ1) is 16.9. The monoisotopic (exact) mass is 507 g/mol. The molecule has 3 aliphatic rings. The number of halogens is 2. The van der Waals surface area contributed by atoms with Crippen LogP contribution in [0.3, 0.4) is 0 Å². The highest BCUT2D eigenvalue weighted by Gasteiger charge is 2.53. The van der Waals surface area contributed by atoms with Gasteiger partial charge in [0.1, 0.15) is 0 Å². The Morgan fingerprint density at radius 3 is 2.57 bits per heavy atom. The molecular weight excluding hydrogens is 472 g/mol. The molecule has 1 saturated carbocycles. The average molecular weight is 508 g/mol. The number of thioether (sulfide) groups is 1. The highest BCUT2D eigenvalue weighted by molar-refractivity contribution is 8.04. The summed E-state index contributed by atoms with van der Waals surface area (Å²) >= 11 is 0.449. The summed E-state index contributed by atoms with van der Waals surface area (Å²) in [5.41, 5.74) is 1.95. The second-order valence-corrected chi connectivity index (χ2v) is 10.6. The fourth-order valence-electron chi connectivity index (χ4n) is 5.40. The fraction of sp³-hybridized carbons (Fsp3) is 0.560. The molecule has 2 aliphatic heterocycles. The lowest BCUT2D eigenvalue weighted by Crippen LogP contribution is -2.68. The number of aliphatic imine (C=N–C) groups is 2. The molecule has 1 unspecified atom stereocenters. The van der Waals surface area contributed by atoms with Crippen LogP contribution in [-0.2, 0) is 11.3 Å². The van der Waals surface area contributed by atoms with Crippen molar-refractivity contribution < 1.29 is 18.7 Å². The van der Waals surface area contributed by atoms with Crippen molar-refractivity contribution in [2.75, 3.05) is 39.4 Å². The topological polar surface area (TPSA) is 71.7 Å². The van der Waals surface area contributed by atoms with Gasteiger partial charge in [0.2, 0.25) is 0 Å². The standard InChI is InChI=1S/C24H33F2N5S.CH2O2/c1-19-14-30(8-9-31(19)18-28-13-22(12-27-2)32-23(25)26)21-10-24(11-21)16-29(17-24)15-20-6-4-3-5-7-20;2-1-3/h3-7,12-13,19,21,23H,2,8-11,14-18H2,1H3;1H,(H,2,3)/b22-12+,28-13-;. The number of rotatable bonds is 9. The summed E-state index contributed by atoms with van der Waals surface area (Å²) < 4.78 is 25.2. The van der Waals surface area contributed by atoms with Crippen LogP contribution in [0.15, 0.2) is 51.4 Å². The predicted octanol–water partition coefficient (Wildman–Crippen LogP) is 3.88. The van der Waals surface area contributed by atoms with Crippen LogP contribution < -0.4 is 0 Å². The number of alkyl halides is 2. The van der Waals surface area contributed by atoms with Crippen LogP contribution in [0.4, 0.5) is 8.78 Å². The molecule has 1 aliphatic carbocycles. The summed E-state index contributed by atoms with van der Waals surface area (Å²) in [7, 11) is 0. The summed E-state index contributed by atoms with van der Waals surface area (Å²) in [5, 5.41) is 6.89. The molecule has 35 heavy (non-hydrogen) atoms. The molecule has 1 atom stereocenters. The van der Waals surface area contributed by atoms with Crippen LogP contribution in [0, 0.1) is 5.41 Å². The Kier molecular flexibility index (Phi) is 10.4. The molecule has 0 radical (unpaired) electrons. The van der Waals surface area contributed by atoms with Gasteiger partial charge in [-0.25, -0.2) is 0 Å². The minimum Gasteiger partial charge on any atom is -0.483 e. The molecule has 7 nitrogen and oxygen atoms in total. The van der Waals surface area contributed by atoms with Gasteiger partial charge >= 0.3 is 0 Å². The largest absolute Gasteiger partial charge is 0.483 e. The molecule has 1 aromatic carbocycles. The number of piperazine rings is 1. The van der Waals surface area contributed by atoms with E-state index in [-0.39, 0.29) is 6.47 Å². The molecule has 10 heteroatoms. The summed E-state index contributed by atoms with van der Waals surface area (Å²) in [6.07, 6.45) is 5.45. The molecular formula is C25H35F2N5O2S. The lowest BCUT2D eigenvalue weighted by Gasteiger charge is -2.62. The highest BCUT2D eigenvalue weighted by atomic mass is 32.2. The Hall–Kier alpha value is -2.14. The van der Waals surface area contributed by atoms with Crippen molar-refractivity contribution in [1.82, 2.24) is 14.7 Å². The van der Waals surface area contributed by atoms with E-state index in [1.54, 1.807) is 0 Å². The Morgan fingerprint density at radius 2 is 1.97 bits per heavy atom. The van der Waals surface area contributed by atoms with Gasteiger partial charge in [-0.1, -0.05) is 42.1 Å². The van der Waals surface area contributed by atoms with E-state index in [1.165, 1.54) is 43.9 Å². The number of hydrogen-bond donors (Lipinski definition) is 1. The van der Waals surface area contributed by atoms with Crippen molar-refractivity contribution in [3.63, 3.8) is 0 Å². The number of allylic oxidation sites excluding steroid dienone is 1. The van der Waals surface area contributed by atoms with E-state index >= 15 is 0 Å². The van der Waals surface area contributed by atoms with Gasteiger partial charge in [0.25, 0.3) is 12.2 Å². The smallest absolute Gasteiger partial charge is 0.290 e. The minimum absolute atomic E-state index is 0.250. The first kappa shape index (κ1) is 27.4. The van der Waals surface area contributed by atoms with E-state index in [0.717, 1.165) is 26.2 Å². The summed E-state index contributed by atoms with van der Waals surface area (Å²) in [4.78, 5) is 24.2. The first-order valence-corrected chi connectivity index (χ1v) is 12.7. The fourth-order valence-corrected chi connectivity index (χ4v) is 5.88. The maximum Gasteiger partial charge on any atom is 0.290 e. The number of carboxylic acid groups (broad SMARTS) is 1. The molecule has 192 valence electrons. The van der Waals surface area contributed by atoms with E-state index < -0.39 is 5.76 Å². The molecule has 3 fully saturated rings. The lowest BCUT2D eigenvalue weighted by molar-refractivity contribution is -0.122. The molecule has 0 amide bonds. The molecule has 1 spiro atoms. The van der Waals surface area contributed by atoms with E-state index in [4.69, 9.17) is 9.90 Å². The molecule has 0 aromatic heterocycles. The third kappa shape index (κ3) is 7.93. The van der Waals surface area contributed by atoms with Gasteiger partial charge in [0.15, 0.2) is 0 Å². The van der Waals surface area contributed by atoms with Crippen molar-refractivity contribution in [3.8, 4) is 0 Å². The maximum absolute atomic E-state index is 12.6. The normalized spacial score (nSPS) is 23.5. The Bertz CT molecular complexity index is 872. The molecule has 4 rings (SSSR count). The summed E-state index contributed by atoms with van der Waals surface area (Å²) in [6.45, 7) is 12.4.